The molecule has 1 fully saturated rings. The van der Waals surface area contributed by atoms with Crippen molar-refractivity contribution < 1.29 is 35.0 Å². The molecule has 7 heteroatoms. The highest BCUT2D eigenvalue weighted by atomic mass is 16.7. The van der Waals surface area contributed by atoms with Gasteiger partial charge in [0.1, 0.15) is 35.9 Å². The zero-order chi connectivity index (χ0) is 22.9. The van der Waals surface area contributed by atoms with E-state index in [1.54, 1.807) is 12.1 Å². The highest BCUT2D eigenvalue weighted by molar-refractivity contribution is 5.68. The molecule has 3 rings (SSSR count). The second-order valence-electron chi connectivity index (χ2n) is 8.65. The van der Waals surface area contributed by atoms with Crippen LogP contribution in [0.2, 0.25) is 0 Å². The maximum Gasteiger partial charge on any atom is 0.229 e. The van der Waals surface area contributed by atoms with Gasteiger partial charge in [-0.3, -0.25) is 0 Å². The summed E-state index contributed by atoms with van der Waals surface area (Å²) in [5, 5.41) is 49.8. The fourth-order valence-corrected chi connectivity index (χ4v) is 3.77. The second-order valence-corrected chi connectivity index (χ2v) is 8.65. The van der Waals surface area contributed by atoms with Gasteiger partial charge >= 0.3 is 0 Å². The fraction of sp³-hybridized carbons (Fsp3) is 0.500. The van der Waals surface area contributed by atoms with Gasteiger partial charge in [-0.2, -0.15) is 0 Å². The van der Waals surface area contributed by atoms with Crippen molar-refractivity contribution in [3.05, 3.63) is 47.5 Å². The Hall–Kier alpha value is -2.16. The molecule has 0 saturated carbocycles. The molecule has 0 radical (unpaired) electrons. The third-order valence-corrected chi connectivity index (χ3v) is 5.71. The number of hydrogen-bond acceptors (Lipinski definition) is 7. The van der Waals surface area contributed by atoms with Gasteiger partial charge in [0.25, 0.3) is 0 Å². The molecule has 2 aromatic carbocycles. The SMILES string of the molecule is CC(C)c1cc(-c2ccc(O[C@H]3O[C@H](CO)[C@@H](O)[C@H](O)[C@@H]3O)c(C(C)C)c2)ccc1O. The van der Waals surface area contributed by atoms with E-state index in [4.69, 9.17) is 9.47 Å². The minimum Gasteiger partial charge on any atom is -0.508 e. The van der Waals surface area contributed by atoms with Gasteiger partial charge in [-0.05, 0) is 58.4 Å². The Kier molecular flexibility index (Phi) is 7.24. The van der Waals surface area contributed by atoms with Crippen LogP contribution in [-0.2, 0) is 4.74 Å². The lowest BCUT2D eigenvalue weighted by molar-refractivity contribution is -0.277. The van der Waals surface area contributed by atoms with Crippen LogP contribution in [0.25, 0.3) is 11.1 Å². The van der Waals surface area contributed by atoms with Crippen molar-refractivity contribution in [1.29, 1.82) is 0 Å². The number of ether oxygens (including phenoxy) is 2. The van der Waals surface area contributed by atoms with Crippen LogP contribution >= 0.6 is 0 Å². The number of rotatable bonds is 6. The van der Waals surface area contributed by atoms with Gasteiger partial charge < -0.3 is 35.0 Å². The van der Waals surface area contributed by atoms with Crippen LogP contribution in [0.4, 0.5) is 0 Å². The Balaban J connectivity index is 1.92. The summed E-state index contributed by atoms with van der Waals surface area (Å²) >= 11 is 0. The number of aliphatic hydroxyl groups is 4. The molecular weight excluding hydrogens is 400 g/mol. The van der Waals surface area contributed by atoms with Crippen LogP contribution in [0.15, 0.2) is 36.4 Å². The molecule has 5 N–H and O–H groups in total. The van der Waals surface area contributed by atoms with Gasteiger partial charge in [0, 0.05) is 0 Å². The predicted molar refractivity (Wildman–Crippen MR) is 116 cm³/mol. The summed E-state index contributed by atoms with van der Waals surface area (Å²) in [6.07, 6.45) is -6.67. The Morgan fingerprint density at radius 2 is 1.42 bits per heavy atom. The highest BCUT2D eigenvalue weighted by Crippen LogP contribution is 2.36. The van der Waals surface area contributed by atoms with Gasteiger partial charge in [0.05, 0.1) is 6.61 Å². The minimum absolute atomic E-state index is 0.0847. The number of aromatic hydroxyl groups is 1. The summed E-state index contributed by atoms with van der Waals surface area (Å²) in [7, 11) is 0. The summed E-state index contributed by atoms with van der Waals surface area (Å²) < 4.78 is 11.4. The van der Waals surface area contributed by atoms with Crippen LogP contribution < -0.4 is 4.74 Å². The topological polar surface area (TPSA) is 120 Å². The maximum absolute atomic E-state index is 10.3. The molecule has 0 amide bonds. The van der Waals surface area contributed by atoms with E-state index in [2.05, 4.69) is 0 Å². The molecule has 31 heavy (non-hydrogen) atoms. The number of aliphatic hydroxyl groups excluding tert-OH is 4. The quantitative estimate of drug-likeness (QED) is 0.476. The third-order valence-electron chi connectivity index (χ3n) is 5.71. The first kappa shape index (κ1) is 23.5. The fourth-order valence-electron chi connectivity index (χ4n) is 3.77. The average molecular weight is 433 g/mol. The summed E-state index contributed by atoms with van der Waals surface area (Å²) in [6.45, 7) is 7.55. The zero-order valence-electron chi connectivity index (χ0n) is 18.3. The third kappa shape index (κ3) is 4.86. The molecule has 1 heterocycles. The minimum atomic E-state index is -1.50. The molecule has 0 unspecified atom stereocenters. The predicted octanol–water partition coefficient (Wildman–Crippen LogP) is 2.48. The lowest BCUT2D eigenvalue weighted by Crippen LogP contribution is -2.60. The van der Waals surface area contributed by atoms with Gasteiger partial charge in [-0.15, -0.1) is 0 Å². The van der Waals surface area contributed by atoms with E-state index >= 15 is 0 Å². The summed E-state index contributed by atoms with van der Waals surface area (Å²) in [4.78, 5) is 0. The molecule has 5 atom stereocenters. The first-order valence-electron chi connectivity index (χ1n) is 10.6. The molecule has 0 spiro atoms. The summed E-state index contributed by atoms with van der Waals surface area (Å²) in [5.74, 6) is 1.01. The number of hydrogen-bond donors (Lipinski definition) is 5. The average Bonchev–Trinajstić information content (AvgIpc) is 2.74. The van der Waals surface area contributed by atoms with E-state index in [0.717, 1.165) is 22.3 Å². The number of benzene rings is 2. The Morgan fingerprint density at radius 3 is 2.00 bits per heavy atom. The Bertz CT molecular complexity index is 893. The molecule has 1 aliphatic heterocycles. The van der Waals surface area contributed by atoms with E-state index in [-0.39, 0.29) is 17.6 Å². The van der Waals surface area contributed by atoms with Gasteiger partial charge in [-0.1, -0.05) is 39.8 Å². The standard InChI is InChI=1S/C24H32O7/c1-12(2)16-9-14(5-7-18(16)26)15-6-8-19(17(10-15)13(3)4)30-24-23(29)22(28)21(27)20(11-25)31-24/h5-10,12-13,20-29H,11H2,1-4H3/t20-,21-,22+,23+,24+/m1/s1. The van der Waals surface area contributed by atoms with Crippen LogP contribution in [0.3, 0.4) is 0 Å². The number of phenolic OH excluding ortho intramolecular Hbond substituents is 1. The van der Waals surface area contributed by atoms with Crippen molar-refractivity contribution in [2.75, 3.05) is 6.61 Å². The monoisotopic (exact) mass is 432 g/mol. The molecule has 1 aliphatic rings. The van der Waals surface area contributed by atoms with E-state index in [9.17, 15) is 25.5 Å². The zero-order valence-corrected chi connectivity index (χ0v) is 18.3. The van der Waals surface area contributed by atoms with E-state index in [0.29, 0.717) is 5.75 Å². The largest absolute Gasteiger partial charge is 0.508 e. The van der Waals surface area contributed by atoms with Crippen LogP contribution in [-0.4, -0.2) is 62.8 Å². The first-order valence-corrected chi connectivity index (χ1v) is 10.6. The van der Waals surface area contributed by atoms with Crippen LogP contribution in [0, 0.1) is 0 Å². The van der Waals surface area contributed by atoms with Crippen molar-refractivity contribution in [3.63, 3.8) is 0 Å². The van der Waals surface area contributed by atoms with Crippen molar-refractivity contribution in [1.82, 2.24) is 0 Å². The normalized spacial score (nSPS) is 26.5. The van der Waals surface area contributed by atoms with Crippen molar-refractivity contribution >= 4 is 0 Å². The number of phenols is 1. The maximum atomic E-state index is 10.3. The Morgan fingerprint density at radius 1 is 0.839 bits per heavy atom. The van der Waals surface area contributed by atoms with Crippen molar-refractivity contribution in [2.45, 2.75) is 70.2 Å². The molecule has 1 saturated heterocycles. The van der Waals surface area contributed by atoms with E-state index in [1.807, 2.05) is 52.0 Å². The van der Waals surface area contributed by atoms with Gasteiger partial charge in [0.15, 0.2) is 0 Å². The molecule has 0 aliphatic carbocycles. The lowest BCUT2D eigenvalue weighted by atomic mass is 9.93. The van der Waals surface area contributed by atoms with Crippen LogP contribution in [0.1, 0.15) is 50.7 Å². The molecule has 0 bridgehead atoms. The molecule has 7 nitrogen and oxygen atoms in total. The molecule has 2 aromatic rings. The first-order chi connectivity index (χ1) is 14.6. The van der Waals surface area contributed by atoms with Gasteiger partial charge in [0.2, 0.25) is 6.29 Å². The van der Waals surface area contributed by atoms with Crippen molar-refractivity contribution in [3.8, 4) is 22.6 Å². The second kappa shape index (κ2) is 9.54. The summed E-state index contributed by atoms with van der Waals surface area (Å²) in [6, 6.07) is 11.2. The van der Waals surface area contributed by atoms with E-state index in [1.165, 1.54) is 0 Å². The molecule has 170 valence electrons. The molecule has 0 aromatic heterocycles. The Labute approximate surface area is 182 Å². The van der Waals surface area contributed by atoms with Crippen molar-refractivity contribution in [2.24, 2.45) is 0 Å². The van der Waals surface area contributed by atoms with Crippen LogP contribution in [0.5, 0.6) is 11.5 Å². The van der Waals surface area contributed by atoms with Gasteiger partial charge in [-0.25, -0.2) is 0 Å². The highest BCUT2D eigenvalue weighted by Gasteiger charge is 2.44. The smallest absolute Gasteiger partial charge is 0.229 e. The van der Waals surface area contributed by atoms with E-state index < -0.39 is 37.3 Å². The molecular formula is C24H32O7. The summed E-state index contributed by atoms with van der Waals surface area (Å²) in [5.41, 5.74) is 3.65. The lowest BCUT2D eigenvalue weighted by Gasteiger charge is -2.39.